The predicted octanol–water partition coefficient (Wildman–Crippen LogP) is 6.00. The fourth-order valence-corrected chi connectivity index (χ4v) is 3.42. The second-order valence-electron chi connectivity index (χ2n) is 6.82. The lowest BCUT2D eigenvalue weighted by Gasteiger charge is -2.24. The molecule has 0 atom stereocenters. The minimum Gasteiger partial charge on any atom is -0.348 e. The molecule has 0 aliphatic carbocycles. The van der Waals surface area contributed by atoms with Gasteiger partial charge in [-0.2, -0.15) is 0 Å². The van der Waals surface area contributed by atoms with Crippen molar-refractivity contribution >= 4 is 41.2 Å². The van der Waals surface area contributed by atoms with Gasteiger partial charge in [-0.25, -0.2) is 4.98 Å². The molecule has 0 radical (unpaired) electrons. The number of anilines is 3. The summed E-state index contributed by atoms with van der Waals surface area (Å²) in [6, 6.07) is 23.7. The first-order valence-electron chi connectivity index (χ1n) is 8.81. The summed E-state index contributed by atoms with van der Waals surface area (Å²) in [5.74, 6) is 1.04. The predicted molar refractivity (Wildman–Crippen MR) is 121 cm³/mol. The highest BCUT2D eigenvalue weighted by atomic mass is 127. The molecule has 0 bridgehead atoms. The van der Waals surface area contributed by atoms with E-state index in [1.54, 1.807) is 0 Å². The fourth-order valence-electron chi connectivity index (χ4n) is 3.42. The van der Waals surface area contributed by atoms with Gasteiger partial charge >= 0.3 is 0 Å². The fraction of sp³-hybridized carbons (Fsp3) is 0.227. The number of para-hydroxylation sites is 1. The monoisotopic (exact) mass is 457 g/mol. The molecule has 1 aliphatic rings. The Balaban J connectivity index is 0.00000196. The van der Waals surface area contributed by atoms with Gasteiger partial charge in [-0.3, -0.25) is 0 Å². The summed E-state index contributed by atoms with van der Waals surface area (Å²) in [5, 5.41) is 0. The van der Waals surface area contributed by atoms with Crippen LogP contribution in [0.25, 0.3) is 11.3 Å². The molecule has 26 heavy (non-hydrogen) atoms. The number of rotatable bonds is 3. The summed E-state index contributed by atoms with van der Waals surface area (Å²) in [5.41, 5.74) is 5.86. The molecular formula is C22H24IN3. The van der Waals surface area contributed by atoms with Crippen molar-refractivity contribution in [3.63, 3.8) is 0 Å². The summed E-state index contributed by atoms with van der Waals surface area (Å²) >= 11 is 0. The zero-order valence-electron chi connectivity index (χ0n) is 15.4. The largest absolute Gasteiger partial charge is 0.348 e. The van der Waals surface area contributed by atoms with Crippen LogP contribution in [0.15, 0.2) is 66.7 Å². The van der Waals surface area contributed by atoms with Crippen molar-refractivity contribution < 1.29 is 0 Å². The van der Waals surface area contributed by atoms with E-state index in [9.17, 15) is 0 Å². The third-order valence-electron chi connectivity index (χ3n) is 4.83. The van der Waals surface area contributed by atoms with Crippen LogP contribution in [-0.2, 0) is 0 Å². The van der Waals surface area contributed by atoms with Crippen LogP contribution in [0.3, 0.4) is 0 Å². The van der Waals surface area contributed by atoms with Crippen LogP contribution in [0.1, 0.15) is 19.4 Å². The normalized spacial score (nSPS) is 12.9. The lowest BCUT2D eigenvalue weighted by atomic mass is 10.1. The molecule has 4 rings (SSSR count). The van der Waals surface area contributed by atoms with Crippen LogP contribution in [0.4, 0.5) is 17.2 Å². The third-order valence-corrected chi connectivity index (χ3v) is 4.83. The van der Waals surface area contributed by atoms with E-state index in [0.29, 0.717) is 6.04 Å². The first kappa shape index (κ1) is 18.7. The van der Waals surface area contributed by atoms with Crippen molar-refractivity contribution in [1.82, 2.24) is 4.98 Å². The van der Waals surface area contributed by atoms with E-state index in [1.807, 2.05) is 0 Å². The Labute approximate surface area is 172 Å². The Morgan fingerprint density at radius 3 is 2.27 bits per heavy atom. The van der Waals surface area contributed by atoms with Gasteiger partial charge in [-0.05, 0) is 50.6 Å². The van der Waals surface area contributed by atoms with Gasteiger partial charge in [0.15, 0.2) is 5.82 Å². The molecule has 4 heteroatoms. The van der Waals surface area contributed by atoms with E-state index < -0.39 is 0 Å². The number of hydrogen-bond acceptors (Lipinski definition) is 3. The lowest BCUT2D eigenvalue weighted by molar-refractivity contribution is 0.709. The van der Waals surface area contributed by atoms with Crippen molar-refractivity contribution in [2.45, 2.75) is 26.8 Å². The molecule has 0 spiro atoms. The number of aromatic nitrogens is 1. The molecule has 134 valence electrons. The highest BCUT2D eigenvalue weighted by molar-refractivity contribution is 14.0. The quantitative estimate of drug-likeness (QED) is 0.450. The molecule has 1 aliphatic heterocycles. The zero-order valence-corrected chi connectivity index (χ0v) is 17.7. The van der Waals surface area contributed by atoms with Crippen molar-refractivity contribution in [3.05, 3.63) is 72.3 Å². The number of aryl methyl sites for hydroxylation is 1. The number of pyridine rings is 1. The highest BCUT2D eigenvalue weighted by Gasteiger charge is 2.30. The SMILES string of the molecule is Cc1ccccc1-c1ccc2c(n1)N(c1ccccc1)CN2C(C)C.I. The Morgan fingerprint density at radius 1 is 0.885 bits per heavy atom. The first-order valence-corrected chi connectivity index (χ1v) is 8.81. The number of nitrogens with zero attached hydrogens (tertiary/aromatic N) is 3. The Hall–Kier alpha value is -2.08. The maximum absolute atomic E-state index is 5.06. The minimum absolute atomic E-state index is 0. The van der Waals surface area contributed by atoms with E-state index in [4.69, 9.17) is 4.98 Å². The van der Waals surface area contributed by atoms with Crippen molar-refractivity contribution in [2.75, 3.05) is 16.5 Å². The molecule has 2 heterocycles. The van der Waals surface area contributed by atoms with E-state index in [-0.39, 0.29) is 24.0 Å². The summed E-state index contributed by atoms with van der Waals surface area (Å²) in [4.78, 5) is 9.76. The highest BCUT2D eigenvalue weighted by Crippen LogP contribution is 2.41. The average Bonchev–Trinajstić information content (AvgIpc) is 3.02. The second-order valence-corrected chi connectivity index (χ2v) is 6.82. The molecule has 2 aromatic carbocycles. The van der Waals surface area contributed by atoms with Gasteiger partial charge < -0.3 is 9.80 Å². The maximum Gasteiger partial charge on any atom is 0.158 e. The molecule has 0 saturated carbocycles. The lowest BCUT2D eigenvalue weighted by Crippen LogP contribution is -2.33. The molecule has 0 saturated heterocycles. The number of hydrogen-bond donors (Lipinski definition) is 0. The van der Waals surface area contributed by atoms with Crippen LogP contribution in [-0.4, -0.2) is 17.7 Å². The second kappa shape index (κ2) is 7.66. The van der Waals surface area contributed by atoms with Crippen molar-refractivity contribution in [1.29, 1.82) is 0 Å². The van der Waals surface area contributed by atoms with Crippen LogP contribution in [0.2, 0.25) is 0 Å². The molecule has 0 N–H and O–H groups in total. The minimum atomic E-state index is 0. The smallest absolute Gasteiger partial charge is 0.158 e. The van der Waals surface area contributed by atoms with E-state index >= 15 is 0 Å². The van der Waals surface area contributed by atoms with Crippen LogP contribution in [0, 0.1) is 6.92 Å². The number of fused-ring (bicyclic) bond motifs is 1. The van der Waals surface area contributed by atoms with E-state index in [1.165, 1.54) is 22.5 Å². The average molecular weight is 457 g/mol. The first-order chi connectivity index (χ1) is 12.1. The van der Waals surface area contributed by atoms with Gasteiger partial charge in [0, 0.05) is 17.3 Å². The Kier molecular flexibility index (Phi) is 5.51. The standard InChI is InChI=1S/C22H23N3.HI/c1-16(2)24-15-25(18-10-5-4-6-11-18)22-21(24)14-13-20(23-22)19-12-8-7-9-17(19)3;/h4-14,16H,15H2,1-3H3;1H. The molecule has 0 fully saturated rings. The number of halogens is 1. The van der Waals surface area contributed by atoms with E-state index in [2.05, 4.69) is 97.3 Å². The van der Waals surface area contributed by atoms with Gasteiger partial charge in [0.2, 0.25) is 0 Å². The van der Waals surface area contributed by atoms with Crippen molar-refractivity contribution in [3.8, 4) is 11.3 Å². The summed E-state index contributed by atoms with van der Waals surface area (Å²) < 4.78 is 0. The van der Waals surface area contributed by atoms with Crippen LogP contribution < -0.4 is 9.80 Å². The third kappa shape index (κ3) is 3.30. The summed E-state index contributed by atoms with van der Waals surface area (Å²) in [7, 11) is 0. The van der Waals surface area contributed by atoms with Gasteiger partial charge in [0.1, 0.15) is 0 Å². The van der Waals surface area contributed by atoms with Crippen LogP contribution in [0.5, 0.6) is 0 Å². The van der Waals surface area contributed by atoms with Crippen molar-refractivity contribution in [2.24, 2.45) is 0 Å². The maximum atomic E-state index is 5.06. The van der Waals surface area contributed by atoms with E-state index in [0.717, 1.165) is 18.2 Å². The summed E-state index contributed by atoms with van der Waals surface area (Å²) in [6.45, 7) is 7.43. The van der Waals surface area contributed by atoms with Gasteiger partial charge in [-0.1, -0.05) is 42.5 Å². The molecule has 3 nitrogen and oxygen atoms in total. The molecule has 0 amide bonds. The zero-order chi connectivity index (χ0) is 17.4. The Morgan fingerprint density at radius 2 is 1.58 bits per heavy atom. The Bertz CT molecular complexity index is 893. The van der Waals surface area contributed by atoms with Gasteiger partial charge in [0.25, 0.3) is 0 Å². The molecule has 0 unspecified atom stereocenters. The number of benzene rings is 2. The molecule has 1 aromatic heterocycles. The molecular weight excluding hydrogens is 433 g/mol. The molecule has 3 aromatic rings. The topological polar surface area (TPSA) is 19.4 Å². The summed E-state index contributed by atoms with van der Waals surface area (Å²) in [6.07, 6.45) is 0. The van der Waals surface area contributed by atoms with Gasteiger partial charge in [0.05, 0.1) is 18.1 Å². The van der Waals surface area contributed by atoms with Gasteiger partial charge in [-0.15, -0.1) is 24.0 Å². The van der Waals surface area contributed by atoms with Crippen LogP contribution >= 0.6 is 24.0 Å².